The number of likely N-dealkylation sites (N-methyl/N-ethyl adjacent to an activating group) is 1. The predicted octanol–water partition coefficient (Wildman–Crippen LogP) is 3.09. The molecule has 0 N–H and O–H groups in total. The lowest BCUT2D eigenvalue weighted by Gasteiger charge is -2.40. The Labute approximate surface area is 105 Å². The monoisotopic (exact) mass is 234 g/mol. The minimum Gasteiger partial charge on any atom is -0.488 e. The van der Waals surface area contributed by atoms with Crippen molar-refractivity contribution in [1.82, 2.24) is 0 Å². The highest BCUT2D eigenvalue weighted by Crippen LogP contribution is 2.18. The van der Waals surface area contributed by atoms with Gasteiger partial charge in [0.1, 0.15) is 18.9 Å². The van der Waals surface area contributed by atoms with E-state index in [4.69, 9.17) is 4.74 Å². The van der Waals surface area contributed by atoms with Crippen LogP contribution in [0.2, 0.25) is 0 Å². The van der Waals surface area contributed by atoms with Crippen molar-refractivity contribution < 1.29 is 9.22 Å². The van der Waals surface area contributed by atoms with Crippen molar-refractivity contribution in [3.05, 3.63) is 30.3 Å². The van der Waals surface area contributed by atoms with Crippen molar-refractivity contribution in [1.29, 1.82) is 0 Å². The molecular formula is C15H24NO+. The maximum atomic E-state index is 5.82. The topological polar surface area (TPSA) is 9.23 Å². The van der Waals surface area contributed by atoms with Gasteiger partial charge in [-0.3, -0.25) is 0 Å². The molecule has 1 fully saturated rings. The lowest BCUT2D eigenvalue weighted by molar-refractivity contribution is -0.930. The number of likely N-dealkylation sites (tertiary alicyclic amines) is 1. The molecule has 0 saturated carbocycles. The first-order valence-electron chi connectivity index (χ1n) is 6.88. The second-order valence-corrected chi connectivity index (χ2v) is 5.05. The third kappa shape index (κ3) is 3.47. The van der Waals surface area contributed by atoms with Gasteiger partial charge in [0.2, 0.25) is 0 Å². The first kappa shape index (κ1) is 12.4. The Balaban J connectivity index is 1.80. The third-order valence-electron chi connectivity index (χ3n) is 4.01. The van der Waals surface area contributed by atoms with Gasteiger partial charge >= 0.3 is 0 Å². The molecule has 0 aliphatic carbocycles. The molecule has 17 heavy (non-hydrogen) atoms. The molecular weight excluding hydrogens is 210 g/mol. The Morgan fingerprint density at radius 3 is 2.41 bits per heavy atom. The van der Waals surface area contributed by atoms with Gasteiger partial charge in [0.25, 0.3) is 0 Å². The van der Waals surface area contributed by atoms with E-state index in [0.717, 1.165) is 18.9 Å². The molecule has 2 nitrogen and oxygen atoms in total. The lowest BCUT2D eigenvalue weighted by atomic mass is 10.1. The SMILES string of the molecule is CC[N+]1(CCOc2ccccc2)CCCCC1. The molecule has 0 atom stereocenters. The van der Waals surface area contributed by atoms with Crippen LogP contribution >= 0.6 is 0 Å². The highest BCUT2D eigenvalue weighted by atomic mass is 16.5. The van der Waals surface area contributed by atoms with Gasteiger partial charge in [-0.25, -0.2) is 0 Å². The smallest absolute Gasteiger partial charge is 0.137 e. The number of hydrogen-bond donors (Lipinski definition) is 0. The number of piperidine rings is 1. The first-order chi connectivity index (χ1) is 8.35. The summed E-state index contributed by atoms with van der Waals surface area (Å²) < 4.78 is 7.08. The normalized spacial score (nSPS) is 18.9. The van der Waals surface area contributed by atoms with E-state index >= 15 is 0 Å². The number of benzene rings is 1. The molecule has 1 aromatic rings. The van der Waals surface area contributed by atoms with Gasteiger partial charge in [-0.15, -0.1) is 0 Å². The molecule has 0 amide bonds. The second-order valence-electron chi connectivity index (χ2n) is 5.05. The summed E-state index contributed by atoms with van der Waals surface area (Å²) in [6.45, 7) is 8.25. The molecule has 0 spiro atoms. The van der Waals surface area contributed by atoms with Crippen LogP contribution in [-0.4, -0.2) is 37.3 Å². The number of hydrogen-bond acceptors (Lipinski definition) is 1. The number of rotatable bonds is 5. The molecule has 2 rings (SSSR count). The summed E-state index contributed by atoms with van der Waals surface area (Å²) in [6.07, 6.45) is 4.19. The molecule has 1 aliphatic heterocycles. The minimum absolute atomic E-state index is 0.845. The molecule has 94 valence electrons. The van der Waals surface area contributed by atoms with Crippen LogP contribution in [0, 0.1) is 0 Å². The molecule has 0 bridgehead atoms. The van der Waals surface area contributed by atoms with Crippen LogP contribution in [0.15, 0.2) is 30.3 Å². The molecule has 1 aromatic carbocycles. The summed E-state index contributed by atoms with van der Waals surface area (Å²) in [5.41, 5.74) is 0. The summed E-state index contributed by atoms with van der Waals surface area (Å²) in [6, 6.07) is 10.2. The Morgan fingerprint density at radius 1 is 1.06 bits per heavy atom. The molecule has 2 heteroatoms. The van der Waals surface area contributed by atoms with Crippen molar-refractivity contribution in [2.24, 2.45) is 0 Å². The fraction of sp³-hybridized carbons (Fsp3) is 0.600. The average molecular weight is 234 g/mol. The maximum Gasteiger partial charge on any atom is 0.137 e. The van der Waals surface area contributed by atoms with Crippen molar-refractivity contribution in [2.45, 2.75) is 26.2 Å². The third-order valence-corrected chi connectivity index (χ3v) is 4.01. The van der Waals surface area contributed by atoms with Gasteiger partial charge in [0.05, 0.1) is 19.6 Å². The minimum atomic E-state index is 0.845. The highest BCUT2D eigenvalue weighted by molar-refractivity contribution is 5.20. The Morgan fingerprint density at radius 2 is 1.76 bits per heavy atom. The first-order valence-corrected chi connectivity index (χ1v) is 6.88. The van der Waals surface area contributed by atoms with E-state index < -0.39 is 0 Å². The Hall–Kier alpha value is -1.02. The van der Waals surface area contributed by atoms with E-state index in [0.29, 0.717) is 0 Å². The van der Waals surface area contributed by atoms with Gasteiger partial charge in [0, 0.05) is 0 Å². The van der Waals surface area contributed by atoms with E-state index in [9.17, 15) is 0 Å². The van der Waals surface area contributed by atoms with Crippen LogP contribution in [-0.2, 0) is 0 Å². The summed E-state index contributed by atoms with van der Waals surface area (Å²) in [4.78, 5) is 0. The van der Waals surface area contributed by atoms with E-state index in [1.54, 1.807) is 0 Å². The van der Waals surface area contributed by atoms with Gasteiger partial charge in [-0.05, 0) is 38.3 Å². The van der Waals surface area contributed by atoms with Crippen molar-refractivity contribution in [3.8, 4) is 5.75 Å². The number of nitrogens with zero attached hydrogens (tertiary/aromatic N) is 1. The van der Waals surface area contributed by atoms with Gasteiger partial charge in [-0.2, -0.15) is 0 Å². The average Bonchev–Trinajstić information content (AvgIpc) is 2.41. The van der Waals surface area contributed by atoms with Crippen molar-refractivity contribution in [3.63, 3.8) is 0 Å². The Kier molecular flexibility index (Phi) is 4.43. The predicted molar refractivity (Wildman–Crippen MR) is 71.2 cm³/mol. The van der Waals surface area contributed by atoms with Crippen LogP contribution in [0.3, 0.4) is 0 Å². The van der Waals surface area contributed by atoms with E-state index in [1.807, 2.05) is 30.3 Å². The van der Waals surface area contributed by atoms with E-state index in [-0.39, 0.29) is 0 Å². The van der Waals surface area contributed by atoms with Crippen LogP contribution in [0.5, 0.6) is 5.75 Å². The molecule has 0 aromatic heterocycles. The molecule has 0 unspecified atom stereocenters. The molecule has 0 radical (unpaired) electrons. The quantitative estimate of drug-likeness (QED) is 0.711. The van der Waals surface area contributed by atoms with Crippen LogP contribution < -0.4 is 4.74 Å². The van der Waals surface area contributed by atoms with Crippen molar-refractivity contribution in [2.75, 3.05) is 32.8 Å². The standard InChI is InChI=1S/C15H24NO/c1-2-16(11-7-4-8-12-16)13-14-17-15-9-5-3-6-10-15/h3,5-6,9-10H,2,4,7-8,11-14H2,1H3/q+1. The van der Waals surface area contributed by atoms with Crippen LogP contribution in [0.1, 0.15) is 26.2 Å². The van der Waals surface area contributed by atoms with E-state index in [2.05, 4.69) is 6.92 Å². The molecule has 1 aliphatic rings. The maximum absolute atomic E-state index is 5.82. The van der Waals surface area contributed by atoms with Crippen LogP contribution in [0.25, 0.3) is 0 Å². The summed E-state index contributed by atoms with van der Waals surface area (Å²) in [7, 11) is 0. The van der Waals surface area contributed by atoms with Crippen molar-refractivity contribution >= 4 is 0 Å². The molecule has 1 heterocycles. The second kappa shape index (κ2) is 6.06. The number of para-hydroxylation sites is 1. The van der Waals surface area contributed by atoms with Gasteiger partial charge in [0.15, 0.2) is 0 Å². The zero-order valence-electron chi connectivity index (χ0n) is 10.9. The van der Waals surface area contributed by atoms with Gasteiger partial charge < -0.3 is 9.22 Å². The molecule has 1 saturated heterocycles. The summed E-state index contributed by atoms with van der Waals surface area (Å²) in [5, 5.41) is 0. The Bertz CT molecular complexity index is 317. The van der Waals surface area contributed by atoms with Gasteiger partial charge in [-0.1, -0.05) is 18.2 Å². The van der Waals surface area contributed by atoms with Crippen LogP contribution in [0.4, 0.5) is 0 Å². The lowest BCUT2D eigenvalue weighted by Crippen LogP contribution is -2.53. The fourth-order valence-electron chi connectivity index (χ4n) is 2.75. The summed E-state index contributed by atoms with van der Waals surface area (Å²) in [5.74, 6) is 0.999. The summed E-state index contributed by atoms with van der Waals surface area (Å²) >= 11 is 0. The van der Waals surface area contributed by atoms with E-state index in [1.165, 1.54) is 43.4 Å². The fourth-order valence-corrected chi connectivity index (χ4v) is 2.75. The zero-order valence-corrected chi connectivity index (χ0v) is 10.9. The zero-order chi connectivity index (χ0) is 12.0. The highest BCUT2D eigenvalue weighted by Gasteiger charge is 2.27. The number of quaternary nitrogens is 1. The number of ether oxygens (including phenoxy) is 1. The largest absolute Gasteiger partial charge is 0.488 e.